The largest absolute Gasteiger partial charge is 0.477 e. The van der Waals surface area contributed by atoms with E-state index in [2.05, 4.69) is 15.2 Å². The minimum atomic E-state index is -0.163. The van der Waals surface area contributed by atoms with Gasteiger partial charge in [-0.25, -0.2) is 4.98 Å². The van der Waals surface area contributed by atoms with Gasteiger partial charge in [-0.2, -0.15) is 0 Å². The molecule has 120 valence electrons. The molecule has 0 spiro atoms. The molecule has 1 aromatic rings. The summed E-state index contributed by atoms with van der Waals surface area (Å²) in [6, 6.07) is 4.05. The quantitative estimate of drug-likeness (QED) is 0.882. The van der Waals surface area contributed by atoms with Crippen LogP contribution in [0.15, 0.2) is 18.3 Å². The third-order valence-corrected chi connectivity index (χ3v) is 4.25. The van der Waals surface area contributed by atoms with Crippen molar-refractivity contribution in [1.82, 2.24) is 15.2 Å². The molecule has 1 aromatic heterocycles. The lowest BCUT2D eigenvalue weighted by Gasteiger charge is -2.35. The molecule has 3 heterocycles. The Bertz CT molecular complexity index is 523. The number of fused-ring (bicyclic) bond motifs is 1. The third kappa shape index (κ3) is 3.39. The van der Waals surface area contributed by atoms with E-state index in [0.717, 1.165) is 19.7 Å². The molecule has 0 saturated carbocycles. The molecule has 2 fully saturated rings. The molecule has 3 rings (SSSR count). The molecule has 0 radical (unpaired) electrons. The van der Waals surface area contributed by atoms with Crippen LogP contribution >= 0.6 is 0 Å². The van der Waals surface area contributed by atoms with Crippen LogP contribution in [0.2, 0.25) is 0 Å². The zero-order chi connectivity index (χ0) is 15.4. The van der Waals surface area contributed by atoms with Crippen molar-refractivity contribution >= 4 is 5.91 Å². The maximum absolute atomic E-state index is 12.3. The molecule has 22 heavy (non-hydrogen) atoms. The van der Waals surface area contributed by atoms with Gasteiger partial charge in [0.15, 0.2) is 0 Å². The SMILES string of the molecule is CCOc1ncccc1C(=O)NC[C@H]1CN2CCC[C@@H]2CO1. The summed E-state index contributed by atoms with van der Waals surface area (Å²) in [6.07, 6.45) is 4.16. The number of hydrogen-bond acceptors (Lipinski definition) is 5. The fourth-order valence-corrected chi connectivity index (χ4v) is 3.13. The Labute approximate surface area is 130 Å². The Balaban J connectivity index is 1.54. The van der Waals surface area contributed by atoms with Crippen LogP contribution in [0.5, 0.6) is 5.88 Å². The predicted molar refractivity (Wildman–Crippen MR) is 82.1 cm³/mol. The van der Waals surface area contributed by atoms with Crippen LogP contribution in [0.3, 0.4) is 0 Å². The van der Waals surface area contributed by atoms with Crippen molar-refractivity contribution < 1.29 is 14.3 Å². The van der Waals surface area contributed by atoms with E-state index in [-0.39, 0.29) is 12.0 Å². The second-order valence-electron chi connectivity index (χ2n) is 5.75. The molecule has 1 N–H and O–H groups in total. The Morgan fingerprint density at radius 3 is 3.36 bits per heavy atom. The zero-order valence-corrected chi connectivity index (χ0v) is 13.0. The van der Waals surface area contributed by atoms with Gasteiger partial charge >= 0.3 is 0 Å². The summed E-state index contributed by atoms with van der Waals surface area (Å²) in [7, 11) is 0. The van der Waals surface area contributed by atoms with Crippen LogP contribution < -0.4 is 10.1 Å². The molecule has 2 saturated heterocycles. The van der Waals surface area contributed by atoms with Gasteiger partial charge in [0.05, 0.1) is 19.3 Å². The Morgan fingerprint density at radius 1 is 1.59 bits per heavy atom. The highest BCUT2D eigenvalue weighted by Crippen LogP contribution is 2.22. The van der Waals surface area contributed by atoms with Gasteiger partial charge in [-0.1, -0.05) is 0 Å². The molecule has 1 amide bonds. The normalized spacial score (nSPS) is 24.8. The molecule has 0 unspecified atom stereocenters. The van der Waals surface area contributed by atoms with Crippen LogP contribution in [0, 0.1) is 0 Å². The zero-order valence-electron chi connectivity index (χ0n) is 13.0. The van der Waals surface area contributed by atoms with Gasteiger partial charge in [-0.05, 0) is 38.4 Å². The lowest BCUT2D eigenvalue weighted by Crippen LogP contribution is -2.50. The maximum atomic E-state index is 12.3. The summed E-state index contributed by atoms with van der Waals surface area (Å²) < 4.78 is 11.2. The second kappa shape index (κ2) is 7.07. The number of rotatable bonds is 5. The highest BCUT2D eigenvalue weighted by atomic mass is 16.5. The minimum absolute atomic E-state index is 0.0607. The van der Waals surface area contributed by atoms with Gasteiger partial charge in [-0.3, -0.25) is 9.69 Å². The van der Waals surface area contributed by atoms with E-state index in [0.29, 0.717) is 30.6 Å². The number of nitrogens with zero attached hydrogens (tertiary/aromatic N) is 2. The van der Waals surface area contributed by atoms with Crippen LogP contribution in [0.4, 0.5) is 0 Å². The van der Waals surface area contributed by atoms with Gasteiger partial charge < -0.3 is 14.8 Å². The Hall–Kier alpha value is -1.66. The van der Waals surface area contributed by atoms with Crippen molar-refractivity contribution in [2.75, 3.05) is 32.8 Å². The van der Waals surface area contributed by atoms with Gasteiger partial charge in [-0.15, -0.1) is 0 Å². The van der Waals surface area contributed by atoms with Crippen molar-refractivity contribution in [3.8, 4) is 5.88 Å². The van der Waals surface area contributed by atoms with Crippen molar-refractivity contribution in [1.29, 1.82) is 0 Å². The van der Waals surface area contributed by atoms with E-state index in [1.165, 1.54) is 12.8 Å². The standard InChI is InChI=1S/C16H23N3O3/c1-2-21-16-14(6-3-7-17-16)15(20)18-9-13-10-19-8-4-5-12(19)11-22-13/h3,6-7,12-13H,2,4-5,8-11H2,1H3,(H,18,20)/t12-,13+/m1/s1. The molecular weight excluding hydrogens is 282 g/mol. The summed E-state index contributed by atoms with van der Waals surface area (Å²) >= 11 is 0. The molecule has 0 aliphatic carbocycles. The van der Waals surface area contributed by atoms with Gasteiger partial charge in [0.1, 0.15) is 5.56 Å². The second-order valence-corrected chi connectivity index (χ2v) is 5.75. The first-order valence-corrected chi connectivity index (χ1v) is 7.99. The first-order chi connectivity index (χ1) is 10.8. The van der Waals surface area contributed by atoms with Crippen molar-refractivity contribution in [2.45, 2.75) is 31.9 Å². The minimum Gasteiger partial charge on any atom is -0.477 e. The average molecular weight is 305 g/mol. The average Bonchev–Trinajstić information content (AvgIpc) is 3.01. The van der Waals surface area contributed by atoms with Gasteiger partial charge in [0, 0.05) is 25.3 Å². The van der Waals surface area contributed by atoms with Gasteiger partial charge in [0.25, 0.3) is 5.91 Å². The van der Waals surface area contributed by atoms with Crippen molar-refractivity contribution in [2.24, 2.45) is 0 Å². The fraction of sp³-hybridized carbons (Fsp3) is 0.625. The predicted octanol–water partition coefficient (Wildman–Crippen LogP) is 1.07. The number of nitrogens with one attached hydrogen (secondary N) is 1. The molecule has 2 atom stereocenters. The molecule has 0 bridgehead atoms. The van der Waals surface area contributed by atoms with E-state index in [1.54, 1.807) is 18.3 Å². The number of carbonyl (C=O) groups excluding carboxylic acids is 1. The van der Waals surface area contributed by atoms with Crippen molar-refractivity contribution in [3.05, 3.63) is 23.9 Å². The van der Waals surface area contributed by atoms with Crippen molar-refractivity contribution in [3.63, 3.8) is 0 Å². The summed E-state index contributed by atoms with van der Waals surface area (Å²) in [5.74, 6) is 0.218. The van der Waals surface area contributed by atoms with E-state index in [4.69, 9.17) is 9.47 Å². The van der Waals surface area contributed by atoms with Crippen LogP contribution in [-0.2, 0) is 4.74 Å². The molecule has 2 aliphatic rings. The number of amides is 1. The van der Waals surface area contributed by atoms with E-state index in [9.17, 15) is 4.79 Å². The number of pyridine rings is 1. The summed E-state index contributed by atoms with van der Waals surface area (Å²) in [5.41, 5.74) is 0.471. The topological polar surface area (TPSA) is 63.7 Å². The molecular formula is C16H23N3O3. The van der Waals surface area contributed by atoms with E-state index >= 15 is 0 Å². The summed E-state index contributed by atoms with van der Waals surface area (Å²) in [6.45, 7) is 5.70. The summed E-state index contributed by atoms with van der Waals surface area (Å²) in [5, 5.41) is 2.94. The number of hydrogen-bond donors (Lipinski definition) is 1. The Kier molecular flexibility index (Phi) is 4.90. The third-order valence-electron chi connectivity index (χ3n) is 4.25. The first-order valence-electron chi connectivity index (χ1n) is 7.99. The fourth-order valence-electron chi connectivity index (χ4n) is 3.13. The molecule has 0 aromatic carbocycles. The summed E-state index contributed by atoms with van der Waals surface area (Å²) in [4.78, 5) is 18.9. The monoisotopic (exact) mass is 305 g/mol. The van der Waals surface area contributed by atoms with Crippen LogP contribution in [-0.4, -0.2) is 60.8 Å². The van der Waals surface area contributed by atoms with Crippen LogP contribution in [0.25, 0.3) is 0 Å². The lowest BCUT2D eigenvalue weighted by molar-refractivity contribution is -0.0462. The molecule has 6 nitrogen and oxygen atoms in total. The number of morpholine rings is 1. The molecule has 2 aliphatic heterocycles. The number of ether oxygens (including phenoxy) is 2. The Morgan fingerprint density at radius 2 is 2.50 bits per heavy atom. The maximum Gasteiger partial charge on any atom is 0.256 e. The van der Waals surface area contributed by atoms with Crippen LogP contribution in [0.1, 0.15) is 30.1 Å². The first kappa shape index (κ1) is 15.2. The smallest absolute Gasteiger partial charge is 0.256 e. The van der Waals surface area contributed by atoms with E-state index < -0.39 is 0 Å². The number of carbonyl (C=O) groups is 1. The lowest BCUT2D eigenvalue weighted by atomic mass is 10.2. The molecule has 6 heteroatoms. The highest BCUT2D eigenvalue weighted by Gasteiger charge is 2.32. The number of aromatic nitrogens is 1. The highest BCUT2D eigenvalue weighted by molar-refractivity contribution is 5.96. The van der Waals surface area contributed by atoms with Gasteiger partial charge in [0.2, 0.25) is 5.88 Å². The van der Waals surface area contributed by atoms with E-state index in [1.807, 2.05) is 6.92 Å².